The van der Waals surface area contributed by atoms with Crippen LogP contribution in [0.15, 0.2) is 48.2 Å². The van der Waals surface area contributed by atoms with E-state index in [1.807, 2.05) is 17.5 Å². The highest BCUT2D eigenvalue weighted by molar-refractivity contribution is 7.13. The Morgan fingerprint density at radius 2 is 2.00 bits per heavy atom. The van der Waals surface area contributed by atoms with Gasteiger partial charge in [0.2, 0.25) is 0 Å². The van der Waals surface area contributed by atoms with Crippen LogP contribution < -0.4 is 14.8 Å². The molecule has 2 heterocycles. The number of nitrogens with zero attached hydrogens (tertiary/aromatic N) is 2. The minimum absolute atomic E-state index is 0.425. The number of pyridine rings is 1. The van der Waals surface area contributed by atoms with Crippen LogP contribution in [0.2, 0.25) is 0 Å². The molecule has 4 rings (SSSR count). The van der Waals surface area contributed by atoms with Crippen LogP contribution in [-0.4, -0.2) is 29.7 Å². The van der Waals surface area contributed by atoms with Gasteiger partial charge in [0.15, 0.2) is 0 Å². The molecule has 30 heavy (non-hydrogen) atoms. The Kier molecular flexibility index (Phi) is 6.59. The lowest BCUT2D eigenvalue weighted by molar-refractivity contribution is 0.196. The molecule has 0 unspecified atom stereocenters. The molecule has 3 aromatic rings. The van der Waals surface area contributed by atoms with E-state index in [-0.39, 0.29) is 0 Å². The van der Waals surface area contributed by atoms with Crippen molar-refractivity contribution in [1.82, 2.24) is 15.3 Å². The third-order valence-electron chi connectivity index (χ3n) is 5.37. The van der Waals surface area contributed by atoms with Gasteiger partial charge in [-0.15, -0.1) is 11.3 Å². The molecule has 1 fully saturated rings. The number of hydrogen-bond acceptors (Lipinski definition) is 6. The molecule has 1 aliphatic carbocycles. The van der Waals surface area contributed by atoms with Crippen molar-refractivity contribution in [3.05, 3.63) is 48.2 Å². The number of amides is 1. The molecule has 1 saturated carbocycles. The number of aromatic nitrogens is 2. The van der Waals surface area contributed by atoms with Crippen LogP contribution in [0.25, 0.3) is 21.7 Å². The summed E-state index contributed by atoms with van der Waals surface area (Å²) in [6, 6.07) is 7.36. The van der Waals surface area contributed by atoms with Crippen molar-refractivity contribution in [3.63, 3.8) is 0 Å². The zero-order valence-corrected chi connectivity index (χ0v) is 17.8. The highest BCUT2D eigenvalue weighted by Gasteiger charge is 2.16. The van der Waals surface area contributed by atoms with E-state index in [4.69, 9.17) is 9.47 Å². The Balaban J connectivity index is 1.49. The second-order valence-electron chi connectivity index (χ2n) is 7.44. The molecule has 2 aromatic heterocycles. The van der Waals surface area contributed by atoms with Crippen molar-refractivity contribution in [3.8, 4) is 33.2 Å². The lowest BCUT2D eigenvalue weighted by atomic mass is 9.89. The van der Waals surface area contributed by atoms with Crippen molar-refractivity contribution in [2.75, 3.05) is 13.7 Å². The summed E-state index contributed by atoms with van der Waals surface area (Å²) in [6.07, 6.45) is 11.0. The zero-order valence-electron chi connectivity index (χ0n) is 17.0. The second-order valence-corrected chi connectivity index (χ2v) is 8.33. The molecule has 0 bridgehead atoms. The molecule has 0 radical (unpaired) electrons. The Hall–Kier alpha value is -2.93. The fourth-order valence-electron chi connectivity index (χ4n) is 3.81. The van der Waals surface area contributed by atoms with E-state index >= 15 is 0 Å². The molecule has 1 amide bonds. The first-order valence-corrected chi connectivity index (χ1v) is 11.1. The quantitative estimate of drug-likeness (QED) is 0.563. The number of nitrogens with one attached hydrogen (secondary N) is 1. The van der Waals surface area contributed by atoms with E-state index in [1.54, 1.807) is 49.2 Å². The summed E-state index contributed by atoms with van der Waals surface area (Å²) < 4.78 is 11.1. The molecule has 0 spiro atoms. The van der Waals surface area contributed by atoms with Crippen molar-refractivity contribution < 1.29 is 14.3 Å². The molecule has 1 aromatic carbocycles. The summed E-state index contributed by atoms with van der Waals surface area (Å²) in [6.45, 7) is 0.668. The van der Waals surface area contributed by atoms with Crippen LogP contribution in [0.1, 0.15) is 32.1 Å². The SMILES string of the molecule is COc1ccc(OC(=O)NCC2CCCCC2)cc1-c1cncc(-c2nccs2)c1. The summed E-state index contributed by atoms with van der Waals surface area (Å²) in [5.41, 5.74) is 2.61. The first kappa shape index (κ1) is 20.3. The highest BCUT2D eigenvalue weighted by Crippen LogP contribution is 2.35. The lowest BCUT2D eigenvalue weighted by Crippen LogP contribution is -2.32. The molecule has 7 heteroatoms. The molecular weight excluding hydrogens is 398 g/mol. The van der Waals surface area contributed by atoms with Crippen LogP contribution in [0.3, 0.4) is 0 Å². The van der Waals surface area contributed by atoms with Crippen molar-refractivity contribution >= 4 is 17.4 Å². The third-order valence-corrected chi connectivity index (χ3v) is 6.19. The van der Waals surface area contributed by atoms with Gasteiger partial charge in [-0.3, -0.25) is 4.98 Å². The lowest BCUT2D eigenvalue weighted by Gasteiger charge is -2.21. The predicted octanol–water partition coefficient (Wildman–Crippen LogP) is 5.55. The Morgan fingerprint density at radius 3 is 2.77 bits per heavy atom. The predicted molar refractivity (Wildman–Crippen MR) is 118 cm³/mol. The Bertz CT molecular complexity index is 985. The monoisotopic (exact) mass is 423 g/mol. The fourth-order valence-corrected chi connectivity index (χ4v) is 4.43. The van der Waals surface area contributed by atoms with Crippen LogP contribution in [-0.2, 0) is 0 Å². The molecule has 0 aliphatic heterocycles. The van der Waals surface area contributed by atoms with E-state index in [1.165, 1.54) is 32.1 Å². The summed E-state index contributed by atoms with van der Waals surface area (Å²) in [7, 11) is 1.62. The van der Waals surface area contributed by atoms with Gasteiger partial charge in [-0.05, 0) is 43.0 Å². The molecular formula is C23H25N3O3S. The normalized spacial score (nSPS) is 14.3. The molecule has 0 atom stereocenters. The maximum absolute atomic E-state index is 12.3. The van der Waals surface area contributed by atoms with Crippen molar-refractivity contribution in [1.29, 1.82) is 0 Å². The van der Waals surface area contributed by atoms with Gasteiger partial charge in [0.1, 0.15) is 16.5 Å². The number of rotatable bonds is 6. The first-order valence-electron chi connectivity index (χ1n) is 10.2. The summed E-state index contributed by atoms with van der Waals surface area (Å²) in [5, 5.41) is 5.74. The Morgan fingerprint density at radius 1 is 1.17 bits per heavy atom. The van der Waals surface area contributed by atoms with E-state index in [2.05, 4.69) is 15.3 Å². The van der Waals surface area contributed by atoms with E-state index in [0.717, 1.165) is 21.7 Å². The number of methoxy groups -OCH3 is 1. The van der Waals surface area contributed by atoms with E-state index < -0.39 is 6.09 Å². The number of ether oxygens (including phenoxy) is 2. The maximum atomic E-state index is 12.3. The maximum Gasteiger partial charge on any atom is 0.412 e. The number of thiazole rings is 1. The molecule has 1 aliphatic rings. The first-order chi connectivity index (χ1) is 14.7. The van der Waals surface area contributed by atoms with Gasteiger partial charge in [0.05, 0.1) is 7.11 Å². The van der Waals surface area contributed by atoms with Gasteiger partial charge in [-0.25, -0.2) is 9.78 Å². The molecule has 6 nitrogen and oxygen atoms in total. The number of carbonyl (C=O) groups excluding carboxylic acids is 1. The average molecular weight is 424 g/mol. The smallest absolute Gasteiger partial charge is 0.412 e. The van der Waals surface area contributed by atoms with Crippen LogP contribution in [0, 0.1) is 5.92 Å². The van der Waals surface area contributed by atoms with Crippen molar-refractivity contribution in [2.45, 2.75) is 32.1 Å². The highest BCUT2D eigenvalue weighted by atomic mass is 32.1. The number of benzene rings is 1. The fraction of sp³-hybridized carbons (Fsp3) is 0.348. The second kappa shape index (κ2) is 9.71. The van der Waals surface area contributed by atoms with Crippen LogP contribution in [0.5, 0.6) is 11.5 Å². The van der Waals surface area contributed by atoms with Crippen LogP contribution >= 0.6 is 11.3 Å². The van der Waals surface area contributed by atoms with Crippen molar-refractivity contribution in [2.24, 2.45) is 5.92 Å². The van der Waals surface area contributed by atoms with Crippen LogP contribution in [0.4, 0.5) is 4.79 Å². The number of carbonyl (C=O) groups is 1. The van der Waals surface area contributed by atoms with Gasteiger partial charge >= 0.3 is 6.09 Å². The molecule has 156 valence electrons. The average Bonchev–Trinajstić information content (AvgIpc) is 3.34. The summed E-state index contributed by atoms with van der Waals surface area (Å²) in [4.78, 5) is 21.0. The standard InChI is InChI=1S/C23H25N3O3S/c1-28-21-8-7-19(29-23(27)26-13-16-5-3-2-4-6-16)12-20(21)17-11-18(15-24-14-17)22-25-9-10-30-22/h7-12,14-16H,2-6,13H2,1H3,(H,26,27). The topological polar surface area (TPSA) is 73.3 Å². The van der Waals surface area contributed by atoms with Gasteiger partial charge in [0, 0.05) is 47.2 Å². The van der Waals surface area contributed by atoms with Gasteiger partial charge in [-0.2, -0.15) is 0 Å². The van der Waals surface area contributed by atoms with E-state index in [9.17, 15) is 4.79 Å². The summed E-state index contributed by atoms with van der Waals surface area (Å²) in [5.74, 6) is 1.70. The summed E-state index contributed by atoms with van der Waals surface area (Å²) >= 11 is 1.56. The van der Waals surface area contributed by atoms with Gasteiger partial charge in [-0.1, -0.05) is 19.3 Å². The Labute approximate surface area is 180 Å². The molecule has 0 saturated heterocycles. The van der Waals surface area contributed by atoms with E-state index in [0.29, 0.717) is 24.0 Å². The van der Waals surface area contributed by atoms with Gasteiger partial charge in [0.25, 0.3) is 0 Å². The largest absolute Gasteiger partial charge is 0.496 e. The zero-order chi connectivity index (χ0) is 20.8. The number of hydrogen-bond donors (Lipinski definition) is 1. The minimum Gasteiger partial charge on any atom is -0.496 e. The van der Waals surface area contributed by atoms with Gasteiger partial charge < -0.3 is 14.8 Å². The minimum atomic E-state index is -0.425. The molecule has 1 N–H and O–H groups in total. The third kappa shape index (κ3) is 4.97.